The van der Waals surface area contributed by atoms with E-state index in [1.54, 1.807) is 0 Å². The average Bonchev–Trinajstić information content (AvgIpc) is 2.19. The Hall–Kier alpha value is -0.0800. The van der Waals surface area contributed by atoms with Crippen LogP contribution in [-0.2, 0) is 0 Å². The van der Waals surface area contributed by atoms with Crippen molar-refractivity contribution >= 4 is 0 Å². The Balaban J connectivity index is 1.86. The van der Waals surface area contributed by atoms with Gasteiger partial charge in [-0.3, -0.25) is 0 Å². The van der Waals surface area contributed by atoms with Crippen LogP contribution in [0, 0.1) is 17.8 Å². The van der Waals surface area contributed by atoms with Gasteiger partial charge in [-0.1, -0.05) is 13.8 Å². The summed E-state index contributed by atoms with van der Waals surface area (Å²) in [5, 5.41) is 0. The minimum atomic E-state index is 0.417. The lowest BCUT2D eigenvalue weighted by Gasteiger charge is -2.45. The van der Waals surface area contributed by atoms with Crippen molar-refractivity contribution in [3.05, 3.63) is 0 Å². The molecule has 0 aliphatic carbocycles. The summed E-state index contributed by atoms with van der Waals surface area (Å²) in [4.78, 5) is 2.62. The molecular weight excluding hydrogens is 172 g/mol. The monoisotopic (exact) mass is 196 g/mol. The van der Waals surface area contributed by atoms with E-state index in [-0.39, 0.29) is 0 Å². The van der Waals surface area contributed by atoms with Gasteiger partial charge in [-0.15, -0.1) is 0 Å². The summed E-state index contributed by atoms with van der Waals surface area (Å²) in [6.45, 7) is 8.50. The zero-order valence-electron chi connectivity index (χ0n) is 9.58. The molecule has 3 fully saturated rings. The van der Waals surface area contributed by atoms with Gasteiger partial charge in [0, 0.05) is 12.6 Å². The molecule has 82 valence electrons. The van der Waals surface area contributed by atoms with E-state index in [0.29, 0.717) is 12.0 Å². The van der Waals surface area contributed by atoms with E-state index in [9.17, 15) is 0 Å². The van der Waals surface area contributed by atoms with Gasteiger partial charge in [0.05, 0.1) is 0 Å². The summed E-state index contributed by atoms with van der Waals surface area (Å²) in [6, 6.07) is 0.417. The zero-order chi connectivity index (χ0) is 10.1. The van der Waals surface area contributed by atoms with E-state index in [1.165, 1.54) is 38.9 Å². The first kappa shape index (κ1) is 10.4. The minimum Gasteiger partial charge on any atom is -0.327 e. The number of fused-ring (bicyclic) bond motifs is 3. The molecule has 3 rings (SSSR count). The third-order valence-corrected chi connectivity index (χ3v) is 4.22. The highest BCUT2D eigenvalue weighted by atomic mass is 15.1. The predicted molar refractivity (Wildman–Crippen MR) is 60.1 cm³/mol. The van der Waals surface area contributed by atoms with Crippen molar-refractivity contribution in [3.8, 4) is 0 Å². The van der Waals surface area contributed by atoms with Gasteiger partial charge in [-0.2, -0.15) is 0 Å². The van der Waals surface area contributed by atoms with E-state index in [1.807, 2.05) is 0 Å². The highest BCUT2D eigenvalue weighted by Gasteiger charge is 2.34. The summed E-state index contributed by atoms with van der Waals surface area (Å²) in [6.07, 6.45) is 4.10. The van der Waals surface area contributed by atoms with Crippen molar-refractivity contribution in [2.24, 2.45) is 23.5 Å². The first-order chi connectivity index (χ1) is 6.66. The topological polar surface area (TPSA) is 29.3 Å². The second-order valence-corrected chi connectivity index (χ2v) is 5.54. The Kier molecular flexibility index (Phi) is 3.13. The van der Waals surface area contributed by atoms with Crippen LogP contribution >= 0.6 is 0 Å². The second-order valence-electron chi connectivity index (χ2n) is 5.54. The minimum absolute atomic E-state index is 0.417. The van der Waals surface area contributed by atoms with Gasteiger partial charge in [0.15, 0.2) is 0 Å². The van der Waals surface area contributed by atoms with Crippen molar-refractivity contribution in [1.82, 2.24) is 4.90 Å². The molecule has 3 aliphatic rings. The van der Waals surface area contributed by atoms with Crippen LogP contribution < -0.4 is 5.73 Å². The van der Waals surface area contributed by atoms with Crippen LogP contribution in [0.1, 0.15) is 33.1 Å². The Morgan fingerprint density at radius 3 is 2.36 bits per heavy atom. The zero-order valence-corrected chi connectivity index (χ0v) is 9.58. The molecule has 2 heteroatoms. The fraction of sp³-hybridized carbons (Fsp3) is 1.00. The molecule has 14 heavy (non-hydrogen) atoms. The maximum Gasteiger partial charge on any atom is 0.00651 e. The third kappa shape index (κ3) is 2.12. The maximum atomic E-state index is 6.16. The standard InChI is InChI=1S/C12H24N2/c1-9(2)12(13)7-11-8-14-5-3-10(11)4-6-14/h9-12H,3-8,13H2,1-2H3. The quantitative estimate of drug-likeness (QED) is 0.744. The molecule has 2 nitrogen and oxygen atoms in total. The van der Waals surface area contributed by atoms with Crippen LogP contribution in [0.15, 0.2) is 0 Å². The smallest absolute Gasteiger partial charge is 0.00651 e. The lowest BCUT2D eigenvalue weighted by molar-refractivity contribution is 0.0410. The number of hydrogen-bond donors (Lipinski definition) is 1. The number of nitrogens with two attached hydrogens (primary N) is 1. The van der Waals surface area contributed by atoms with Crippen LogP contribution in [0.2, 0.25) is 0 Å². The van der Waals surface area contributed by atoms with Crippen LogP contribution in [0.4, 0.5) is 0 Å². The Morgan fingerprint density at radius 1 is 1.29 bits per heavy atom. The third-order valence-electron chi connectivity index (χ3n) is 4.22. The van der Waals surface area contributed by atoms with Crippen molar-refractivity contribution in [1.29, 1.82) is 0 Å². The van der Waals surface area contributed by atoms with E-state index >= 15 is 0 Å². The Bertz CT molecular complexity index is 183. The molecule has 2 unspecified atom stereocenters. The molecule has 2 atom stereocenters. The first-order valence-electron chi connectivity index (χ1n) is 6.14. The Labute approximate surface area is 87.8 Å². The number of hydrogen-bond acceptors (Lipinski definition) is 2. The molecule has 3 saturated heterocycles. The van der Waals surface area contributed by atoms with Crippen molar-refractivity contribution in [2.75, 3.05) is 19.6 Å². The first-order valence-corrected chi connectivity index (χ1v) is 6.14. The molecule has 3 aliphatic heterocycles. The molecule has 0 aromatic carbocycles. The van der Waals surface area contributed by atoms with Crippen LogP contribution in [0.3, 0.4) is 0 Å². The summed E-state index contributed by atoms with van der Waals surface area (Å²) >= 11 is 0. The van der Waals surface area contributed by atoms with E-state index in [0.717, 1.165) is 11.8 Å². The van der Waals surface area contributed by atoms with Crippen LogP contribution in [-0.4, -0.2) is 30.6 Å². The normalized spacial score (nSPS) is 39.0. The molecule has 0 aromatic rings. The average molecular weight is 196 g/mol. The molecule has 2 N–H and O–H groups in total. The molecule has 3 heterocycles. The summed E-state index contributed by atoms with van der Waals surface area (Å²) < 4.78 is 0. The summed E-state index contributed by atoms with van der Waals surface area (Å²) in [7, 11) is 0. The fourth-order valence-corrected chi connectivity index (χ4v) is 2.98. The van der Waals surface area contributed by atoms with Gasteiger partial charge in [-0.05, 0) is 50.1 Å². The molecule has 0 saturated carbocycles. The molecule has 0 amide bonds. The lowest BCUT2D eigenvalue weighted by atomic mass is 9.75. The maximum absolute atomic E-state index is 6.16. The molecule has 0 radical (unpaired) electrons. The van der Waals surface area contributed by atoms with Gasteiger partial charge in [0.1, 0.15) is 0 Å². The van der Waals surface area contributed by atoms with E-state index in [2.05, 4.69) is 18.7 Å². The summed E-state index contributed by atoms with van der Waals surface area (Å²) in [5.41, 5.74) is 6.16. The van der Waals surface area contributed by atoms with Crippen molar-refractivity contribution < 1.29 is 0 Å². The predicted octanol–water partition coefficient (Wildman–Crippen LogP) is 1.70. The Morgan fingerprint density at radius 2 is 1.93 bits per heavy atom. The van der Waals surface area contributed by atoms with Crippen molar-refractivity contribution in [3.63, 3.8) is 0 Å². The fourth-order valence-electron chi connectivity index (χ4n) is 2.98. The van der Waals surface area contributed by atoms with Gasteiger partial charge < -0.3 is 10.6 Å². The second kappa shape index (κ2) is 4.19. The van der Waals surface area contributed by atoms with Gasteiger partial charge >= 0.3 is 0 Å². The number of rotatable bonds is 3. The van der Waals surface area contributed by atoms with Crippen LogP contribution in [0.25, 0.3) is 0 Å². The van der Waals surface area contributed by atoms with Gasteiger partial charge in [-0.25, -0.2) is 0 Å². The number of nitrogens with zero attached hydrogens (tertiary/aromatic N) is 1. The van der Waals surface area contributed by atoms with E-state index in [4.69, 9.17) is 5.73 Å². The SMILES string of the molecule is CC(C)C(N)CC1CN2CCC1CC2. The lowest BCUT2D eigenvalue weighted by Crippen LogP contribution is -2.49. The van der Waals surface area contributed by atoms with E-state index < -0.39 is 0 Å². The largest absolute Gasteiger partial charge is 0.327 e. The van der Waals surface area contributed by atoms with Gasteiger partial charge in [0.25, 0.3) is 0 Å². The highest BCUT2D eigenvalue weighted by molar-refractivity contribution is 4.88. The number of piperidine rings is 3. The van der Waals surface area contributed by atoms with Crippen molar-refractivity contribution in [2.45, 2.75) is 39.2 Å². The molecule has 2 bridgehead atoms. The summed E-state index contributed by atoms with van der Waals surface area (Å²) in [5.74, 6) is 2.53. The van der Waals surface area contributed by atoms with Gasteiger partial charge in [0.2, 0.25) is 0 Å². The molecular formula is C12H24N2. The molecule has 0 aromatic heterocycles. The molecule has 0 spiro atoms. The van der Waals surface area contributed by atoms with Crippen LogP contribution in [0.5, 0.6) is 0 Å². The highest BCUT2D eigenvalue weighted by Crippen LogP contribution is 2.35.